The molecular weight excluding hydrogens is 809 g/mol. The Bertz CT molecular complexity index is 3750. The summed E-state index contributed by atoms with van der Waals surface area (Å²) in [5.74, 6) is 0. The smallest absolute Gasteiger partial charge is 0.0714 e. The molecule has 2 heteroatoms. The molecule has 314 valence electrons. The number of hydrogen-bond donors (Lipinski definition) is 0. The van der Waals surface area contributed by atoms with Gasteiger partial charge in [0, 0.05) is 33.5 Å². The van der Waals surface area contributed by atoms with Crippen LogP contribution in [0.2, 0.25) is 0 Å². The molecule has 0 spiro atoms. The van der Waals surface area contributed by atoms with Gasteiger partial charge in [-0.3, -0.25) is 0 Å². The molecule has 13 rings (SSSR count). The Morgan fingerprint density at radius 1 is 0.299 bits per heavy atom. The first-order valence-electron chi connectivity index (χ1n) is 23.2. The van der Waals surface area contributed by atoms with Crippen LogP contribution in [0.15, 0.2) is 267 Å². The first kappa shape index (κ1) is 38.7. The zero-order valence-corrected chi connectivity index (χ0v) is 36.8. The van der Waals surface area contributed by atoms with Gasteiger partial charge < -0.3 is 9.47 Å². The molecule has 11 aromatic carbocycles. The van der Waals surface area contributed by atoms with Crippen molar-refractivity contribution in [1.82, 2.24) is 4.57 Å². The molecule has 0 unspecified atom stereocenters. The molecule has 0 saturated heterocycles. The van der Waals surface area contributed by atoms with Crippen LogP contribution in [0.4, 0.5) is 17.1 Å². The van der Waals surface area contributed by atoms with E-state index >= 15 is 0 Å². The number of rotatable bonds is 8. The Labute approximate surface area is 390 Å². The van der Waals surface area contributed by atoms with Crippen LogP contribution in [-0.2, 0) is 5.41 Å². The summed E-state index contributed by atoms with van der Waals surface area (Å²) in [6.45, 7) is 0. The molecule has 67 heavy (non-hydrogen) atoms. The Morgan fingerprint density at radius 2 is 0.866 bits per heavy atom. The molecule has 0 aliphatic heterocycles. The average Bonchev–Trinajstić information content (AvgIpc) is 3.90. The Hall–Kier alpha value is -8.72. The van der Waals surface area contributed by atoms with E-state index < -0.39 is 5.41 Å². The van der Waals surface area contributed by atoms with Gasteiger partial charge in [0.15, 0.2) is 0 Å². The zero-order chi connectivity index (χ0) is 44.3. The molecule has 2 nitrogen and oxygen atoms in total. The molecule has 0 atom stereocenters. The summed E-state index contributed by atoms with van der Waals surface area (Å²) in [5.41, 5.74) is 18.8. The summed E-state index contributed by atoms with van der Waals surface area (Å²) in [6, 6.07) is 98.0. The first-order chi connectivity index (χ1) is 33.2. The normalized spacial score (nSPS) is 12.6. The quantitative estimate of drug-likeness (QED) is 0.148. The van der Waals surface area contributed by atoms with Gasteiger partial charge in [0.25, 0.3) is 0 Å². The highest BCUT2D eigenvalue weighted by atomic mass is 15.1. The maximum atomic E-state index is 2.44. The van der Waals surface area contributed by atoms with E-state index in [1.807, 2.05) is 0 Å². The zero-order valence-electron chi connectivity index (χ0n) is 36.8. The number of benzene rings is 11. The Kier molecular flexibility index (Phi) is 9.11. The summed E-state index contributed by atoms with van der Waals surface area (Å²) in [7, 11) is 0. The van der Waals surface area contributed by atoms with Gasteiger partial charge in [-0.2, -0.15) is 0 Å². The van der Waals surface area contributed by atoms with E-state index in [-0.39, 0.29) is 0 Å². The molecule has 0 fully saturated rings. The van der Waals surface area contributed by atoms with Crippen molar-refractivity contribution in [2.75, 3.05) is 4.90 Å². The maximum absolute atomic E-state index is 2.44. The number of aromatic nitrogens is 1. The van der Waals surface area contributed by atoms with Crippen molar-refractivity contribution in [1.29, 1.82) is 0 Å². The summed E-state index contributed by atoms with van der Waals surface area (Å²) < 4.78 is 2.42. The fraction of sp³-hybridized carbons (Fsp3) is 0.0154. The van der Waals surface area contributed by atoms with Crippen molar-refractivity contribution < 1.29 is 0 Å². The molecule has 0 N–H and O–H groups in total. The third-order valence-corrected chi connectivity index (χ3v) is 14.0. The van der Waals surface area contributed by atoms with Crippen molar-refractivity contribution in [3.8, 4) is 39.1 Å². The van der Waals surface area contributed by atoms with Gasteiger partial charge in [-0.25, -0.2) is 0 Å². The van der Waals surface area contributed by atoms with E-state index in [9.17, 15) is 0 Å². The Morgan fingerprint density at radius 3 is 1.64 bits per heavy atom. The second-order valence-electron chi connectivity index (χ2n) is 17.7. The molecule has 0 radical (unpaired) electrons. The number of nitrogens with zero attached hydrogens (tertiary/aromatic N) is 2. The lowest BCUT2D eigenvalue weighted by Crippen LogP contribution is -2.28. The first-order valence-corrected chi connectivity index (χ1v) is 23.2. The van der Waals surface area contributed by atoms with Gasteiger partial charge in [0.1, 0.15) is 0 Å². The molecule has 0 amide bonds. The number of anilines is 3. The third kappa shape index (κ3) is 6.26. The van der Waals surface area contributed by atoms with E-state index in [4.69, 9.17) is 0 Å². The molecule has 12 aromatic rings. The summed E-state index contributed by atoms with van der Waals surface area (Å²) in [4.78, 5) is 2.40. The van der Waals surface area contributed by atoms with Gasteiger partial charge in [-0.05, 0) is 133 Å². The van der Waals surface area contributed by atoms with Crippen LogP contribution in [0.1, 0.15) is 22.3 Å². The van der Waals surface area contributed by atoms with E-state index in [2.05, 4.69) is 276 Å². The van der Waals surface area contributed by atoms with E-state index in [0.29, 0.717) is 0 Å². The minimum atomic E-state index is -0.487. The molecule has 0 bridgehead atoms. The van der Waals surface area contributed by atoms with Crippen LogP contribution in [0.3, 0.4) is 0 Å². The largest absolute Gasteiger partial charge is 0.310 e. The molecule has 1 aliphatic rings. The topological polar surface area (TPSA) is 8.17 Å². The highest BCUT2D eigenvalue weighted by molar-refractivity contribution is 6.10. The van der Waals surface area contributed by atoms with Crippen molar-refractivity contribution >= 4 is 49.6 Å². The third-order valence-electron chi connectivity index (χ3n) is 14.0. The minimum absolute atomic E-state index is 0.487. The van der Waals surface area contributed by atoms with Gasteiger partial charge in [-0.1, -0.05) is 200 Å². The maximum Gasteiger partial charge on any atom is 0.0714 e. The van der Waals surface area contributed by atoms with Crippen LogP contribution in [-0.4, -0.2) is 4.57 Å². The summed E-state index contributed by atoms with van der Waals surface area (Å²) >= 11 is 0. The van der Waals surface area contributed by atoms with Crippen molar-refractivity contribution in [2.24, 2.45) is 0 Å². The van der Waals surface area contributed by atoms with Crippen molar-refractivity contribution in [3.63, 3.8) is 0 Å². The SMILES string of the molecule is c1ccc(N(c2ccc(-c3cccc(-c4ccc5c6ccccc6n(-c6ccc7ccccc7c6)c5c4)c3)cc2)c2ccc3c(c2)C(c2ccccc2)(c2ccccc2)c2ccccc2-3)cc1. The van der Waals surface area contributed by atoms with Gasteiger partial charge in [-0.15, -0.1) is 0 Å². The second-order valence-corrected chi connectivity index (χ2v) is 17.7. The minimum Gasteiger partial charge on any atom is -0.310 e. The lowest BCUT2D eigenvalue weighted by molar-refractivity contribution is 0.768. The highest BCUT2D eigenvalue weighted by Gasteiger charge is 2.46. The van der Waals surface area contributed by atoms with E-state index in [1.165, 1.54) is 88.2 Å². The number of para-hydroxylation sites is 2. The predicted octanol–water partition coefficient (Wildman–Crippen LogP) is 17.1. The fourth-order valence-corrected chi connectivity index (χ4v) is 11.0. The van der Waals surface area contributed by atoms with Crippen molar-refractivity contribution in [2.45, 2.75) is 5.41 Å². The molecule has 1 aromatic heterocycles. The van der Waals surface area contributed by atoms with Crippen LogP contribution in [0, 0.1) is 0 Å². The van der Waals surface area contributed by atoms with Gasteiger partial charge in [0.05, 0.1) is 16.4 Å². The van der Waals surface area contributed by atoms with Crippen LogP contribution in [0.5, 0.6) is 0 Å². The van der Waals surface area contributed by atoms with Crippen LogP contribution < -0.4 is 4.90 Å². The van der Waals surface area contributed by atoms with Crippen molar-refractivity contribution in [3.05, 3.63) is 289 Å². The lowest BCUT2D eigenvalue weighted by atomic mass is 9.67. The predicted molar refractivity (Wildman–Crippen MR) is 281 cm³/mol. The lowest BCUT2D eigenvalue weighted by Gasteiger charge is -2.35. The van der Waals surface area contributed by atoms with E-state index in [0.717, 1.165) is 22.7 Å². The highest BCUT2D eigenvalue weighted by Crippen LogP contribution is 2.57. The number of fused-ring (bicyclic) bond motifs is 7. The van der Waals surface area contributed by atoms with Crippen LogP contribution in [0.25, 0.3) is 71.6 Å². The summed E-state index contributed by atoms with van der Waals surface area (Å²) in [6.07, 6.45) is 0. The molecule has 1 heterocycles. The second kappa shape index (κ2) is 15.8. The average molecular weight is 853 g/mol. The number of hydrogen-bond acceptors (Lipinski definition) is 1. The Balaban J connectivity index is 0.898. The van der Waals surface area contributed by atoms with Gasteiger partial charge in [0.2, 0.25) is 0 Å². The van der Waals surface area contributed by atoms with Crippen LogP contribution >= 0.6 is 0 Å². The molecule has 1 aliphatic carbocycles. The van der Waals surface area contributed by atoms with Gasteiger partial charge >= 0.3 is 0 Å². The molecule has 0 saturated carbocycles. The molecular formula is C65H44N2. The standard InChI is InChI=1S/C65H44N2/c1-4-21-51(22-5-1)65(52-23-6-2-7-24-52)61-29-14-12-27-57(61)58-40-38-56(44-62(58)65)66(53-25-8-3-9-26-53)54-35-31-46(32-36-54)47-19-16-20-48(41-47)50-34-39-60-59-28-13-15-30-63(59)67(64(60)43-50)55-37-33-45-17-10-11-18-49(45)42-55/h1-44H. The fourth-order valence-electron chi connectivity index (χ4n) is 11.0. The monoisotopic (exact) mass is 852 g/mol. The van der Waals surface area contributed by atoms with E-state index in [1.54, 1.807) is 0 Å². The summed E-state index contributed by atoms with van der Waals surface area (Å²) in [5, 5.41) is 4.99.